The first kappa shape index (κ1) is 22.5. The summed E-state index contributed by atoms with van der Waals surface area (Å²) >= 11 is 0. The molecule has 9 nitrogen and oxygen atoms in total. The van der Waals surface area contributed by atoms with Crippen LogP contribution in [0.3, 0.4) is 0 Å². The zero-order chi connectivity index (χ0) is 23.5. The molecule has 0 bridgehead atoms. The monoisotopic (exact) mass is 450 g/mol. The van der Waals surface area contributed by atoms with E-state index in [0.717, 1.165) is 24.5 Å². The van der Waals surface area contributed by atoms with Gasteiger partial charge in [0.15, 0.2) is 0 Å². The lowest BCUT2D eigenvalue weighted by atomic mass is 10.0. The number of piperazine rings is 1. The van der Waals surface area contributed by atoms with Crippen LogP contribution >= 0.6 is 0 Å². The fraction of sp³-hybridized carbons (Fsp3) is 0.333. The molecule has 0 saturated carbocycles. The van der Waals surface area contributed by atoms with Crippen LogP contribution < -0.4 is 9.64 Å². The van der Waals surface area contributed by atoms with Gasteiger partial charge in [-0.05, 0) is 43.3 Å². The molecule has 2 aliphatic heterocycles. The van der Waals surface area contributed by atoms with Gasteiger partial charge in [0.05, 0.1) is 22.8 Å². The standard InChI is InChI=1S/C24H26N4O5/c1-3-25-13-15-26(16-14-25)22-21(17-9-11-18(12-10-17)28(31)32)23(29)27(24(22)30)19-7-5-6-8-20(19)33-4-2/h5-12H,3-4,13-16H2,1-2H3. The Bertz CT molecular complexity index is 1100. The van der Waals surface area contributed by atoms with E-state index in [1.165, 1.54) is 24.3 Å². The Hall–Kier alpha value is -3.72. The van der Waals surface area contributed by atoms with Gasteiger partial charge in [0.1, 0.15) is 11.4 Å². The maximum atomic E-state index is 13.7. The first-order valence-corrected chi connectivity index (χ1v) is 11.0. The number of non-ortho nitro benzene ring substituents is 1. The lowest BCUT2D eigenvalue weighted by molar-refractivity contribution is -0.384. The summed E-state index contributed by atoms with van der Waals surface area (Å²) in [6.45, 7) is 8.02. The van der Waals surface area contributed by atoms with Crippen molar-refractivity contribution in [2.45, 2.75) is 13.8 Å². The summed E-state index contributed by atoms with van der Waals surface area (Å²) in [6.07, 6.45) is 0. The van der Waals surface area contributed by atoms with Crippen molar-refractivity contribution in [3.63, 3.8) is 0 Å². The Labute approximate surface area is 192 Å². The number of para-hydroxylation sites is 2. The summed E-state index contributed by atoms with van der Waals surface area (Å²) in [5, 5.41) is 11.1. The summed E-state index contributed by atoms with van der Waals surface area (Å²) in [5.74, 6) is -0.429. The van der Waals surface area contributed by atoms with E-state index in [9.17, 15) is 19.7 Å². The maximum Gasteiger partial charge on any atom is 0.282 e. The molecule has 172 valence electrons. The first-order valence-electron chi connectivity index (χ1n) is 11.0. The Kier molecular flexibility index (Phi) is 6.41. The lowest BCUT2D eigenvalue weighted by Gasteiger charge is -2.36. The molecular formula is C24H26N4O5. The Morgan fingerprint density at radius 1 is 0.939 bits per heavy atom. The van der Waals surface area contributed by atoms with Crippen molar-refractivity contribution in [1.29, 1.82) is 0 Å². The van der Waals surface area contributed by atoms with Gasteiger partial charge in [0, 0.05) is 38.3 Å². The van der Waals surface area contributed by atoms with Crippen LogP contribution in [0.5, 0.6) is 5.75 Å². The van der Waals surface area contributed by atoms with Gasteiger partial charge in [-0.3, -0.25) is 19.7 Å². The highest BCUT2D eigenvalue weighted by molar-refractivity contribution is 6.45. The highest BCUT2D eigenvalue weighted by atomic mass is 16.6. The molecule has 0 aromatic heterocycles. The van der Waals surface area contributed by atoms with Crippen molar-refractivity contribution in [3.05, 3.63) is 69.9 Å². The van der Waals surface area contributed by atoms with Crippen molar-refractivity contribution in [2.75, 3.05) is 44.2 Å². The van der Waals surface area contributed by atoms with Gasteiger partial charge in [0.25, 0.3) is 17.5 Å². The molecule has 2 aromatic rings. The molecule has 0 unspecified atom stereocenters. The summed E-state index contributed by atoms with van der Waals surface area (Å²) in [4.78, 5) is 43.4. The molecule has 33 heavy (non-hydrogen) atoms. The zero-order valence-electron chi connectivity index (χ0n) is 18.7. The number of nitro groups is 1. The molecule has 9 heteroatoms. The molecule has 0 radical (unpaired) electrons. The van der Waals surface area contributed by atoms with Crippen molar-refractivity contribution >= 4 is 28.8 Å². The Morgan fingerprint density at radius 3 is 2.21 bits per heavy atom. The van der Waals surface area contributed by atoms with Crippen LogP contribution in [0.4, 0.5) is 11.4 Å². The number of imide groups is 1. The van der Waals surface area contributed by atoms with Gasteiger partial charge in [-0.15, -0.1) is 0 Å². The van der Waals surface area contributed by atoms with E-state index in [1.54, 1.807) is 24.3 Å². The average Bonchev–Trinajstić information content (AvgIpc) is 3.09. The summed E-state index contributed by atoms with van der Waals surface area (Å²) in [6, 6.07) is 12.7. The predicted octanol–water partition coefficient (Wildman–Crippen LogP) is 2.92. The third-order valence-corrected chi connectivity index (χ3v) is 5.97. The minimum atomic E-state index is -0.491. The summed E-state index contributed by atoms with van der Waals surface area (Å²) in [7, 11) is 0. The van der Waals surface area contributed by atoms with E-state index < -0.39 is 16.7 Å². The van der Waals surface area contributed by atoms with E-state index in [1.807, 2.05) is 11.8 Å². The van der Waals surface area contributed by atoms with Crippen LogP contribution in [0.2, 0.25) is 0 Å². The van der Waals surface area contributed by atoms with Gasteiger partial charge in [-0.25, -0.2) is 4.90 Å². The number of carbonyl (C=O) groups excluding carboxylic acids is 2. The third kappa shape index (κ3) is 4.19. The van der Waals surface area contributed by atoms with E-state index in [0.29, 0.717) is 42.4 Å². The summed E-state index contributed by atoms with van der Waals surface area (Å²) in [5.41, 5.74) is 1.37. The van der Waals surface area contributed by atoms with Gasteiger partial charge < -0.3 is 14.5 Å². The maximum absolute atomic E-state index is 13.7. The lowest BCUT2D eigenvalue weighted by Crippen LogP contribution is -2.47. The third-order valence-electron chi connectivity index (χ3n) is 5.97. The normalized spacial score (nSPS) is 17.2. The van der Waals surface area contributed by atoms with Crippen molar-refractivity contribution in [1.82, 2.24) is 9.80 Å². The van der Waals surface area contributed by atoms with Crippen LogP contribution in [-0.2, 0) is 9.59 Å². The topological polar surface area (TPSA) is 96.2 Å². The molecule has 2 aliphatic rings. The highest BCUT2D eigenvalue weighted by Crippen LogP contribution is 2.39. The number of likely N-dealkylation sites (N-methyl/N-ethyl adjacent to an activating group) is 1. The molecule has 0 atom stereocenters. The molecule has 0 aliphatic carbocycles. The highest BCUT2D eigenvalue weighted by Gasteiger charge is 2.44. The largest absolute Gasteiger partial charge is 0.492 e. The SMILES string of the molecule is CCOc1ccccc1N1C(=O)C(c2ccc([N+](=O)[O-])cc2)=C(N2CCN(CC)CC2)C1=O. The van der Waals surface area contributed by atoms with Crippen LogP contribution in [0.15, 0.2) is 54.2 Å². The van der Waals surface area contributed by atoms with Crippen molar-refractivity contribution in [2.24, 2.45) is 0 Å². The Morgan fingerprint density at radius 2 is 1.61 bits per heavy atom. The first-order chi connectivity index (χ1) is 16.0. The predicted molar refractivity (Wildman–Crippen MR) is 124 cm³/mol. The van der Waals surface area contributed by atoms with E-state index in [4.69, 9.17) is 4.74 Å². The molecule has 2 aromatic carbocycles. The Balaban J connectivity index is 1.79. The fourth-order valence-corrected chi connectivity index (χ4v) is 4.25. The number of rotatable bonds is 7. The number of nitrogens with zero attached hydrogens (tertiary/aromatic N) is 4. The van der Waals surface area contributed by atoms with E-state index in [2.05, 4.69) is 11.8 Å². The van der Waals surface area contributed by atoms with Crippen LogP contribution in [0, 0.1) is 10.1 Å². The summed E-state index contributed by atoms with van der Waals surface area (Å²) < 4.78 is 5.68. The minimum absolute atomic E-state index is 0.0761. The smallest absolute Gasteiger partial charge is 0.282 e. The molecule has 0 spiro atoms. The number of benzene rings is 2. The number of hydrogen-bond acceptors (Lipinski definition) is 7. The number of amides is 2. The number of carbonyl (C=O) groups is 2. The van der Waals surface area contributed by atoms with Crippen molar-refractivity contribution in [3.8, 4) is 5.75 Å². The van der Waals surface area contributed by atoms with Crippen LogP contribution in [0.25, 0.3) is 5.57 Å². The van der Waals surface area contributed by atoms with Gasteiger partial charge in [-0.1, -0.05) is 19.1 Å². The number of anilines is 1. The second-order valence-electron chi connectivity index (χ2n) is 7.80. The molecule has 2 amide bonds. The van der Waals surface area contributed by atoms with E-state index in [-0.39, 0.29) is 11.3 Å². The average molecular weight is 450 g/mol. The quantitative estimate of drug-likeness (QED) is 0.364. The van der Waals surface area contributed by atoms with E-state index >= 15 is 0 Å². The molecular weight excluding hydrogens is 424 g/mol. The second-order valence-corrected chi connectivity index (χ2v) is 7.80. The molecule has 1 saturated heterocycles. The minimum Gasteiger partial charge on any atom is -0.492 e. The van der Waals surface area contributed by atoms with Crippen LogP contribution in [-0.4, -0.2) is 65.9 Å². The number of nitro benzene ring substituents is 1. The van der Waals surface area contributed by atoms with Crippen molar-refractivity contribution < 1.29 is 19.2 Å². The van der Waals surface area contributed by atoms with Gasteiger partial charge in [-0.2, -0.15) is 0 Å². The fourth-order valence-electron chi connectivity index (χ4n) is 4.25. The molecule has 4 rings (SSSR count). The van der Waals surface area contributed by atoms with Gasteiger partial charge >= 0.3 is 0 Å². The van der Waals surface area contributed by atoms with Gasteiger partial charge in [0.2, 0.25) is 0 Å². The number of ether oxygens (including phenoxy) is 1. The van der Waals surface area contributed by atoms with Crippen LogP contribution in [0.1, 0.15) is 19.4 Å². The second kappa shape index (κ2) is 9.41. The molecule has 2 heterocycles. The zero-order valence-corrected chi connectivity index (χ0v) is 18.7. The molecule has 1 fully saturated rings. The molecule has 0 N–H and O–H groups in total. The number of hydrogen-bond donors (Lipinski definition) is 0.